The van der Waals surface area contributed by atoms with Crippen LogP contribution >= 0.6 is 0 Å². The summed E-state index contributed by atoms with van der Waals surface area (Å²) in [5.41, 5.74) is 3.75. The second-order valence-electron chi connectivity index (χ2n) is 4.15. The summed E-state index contributed by atoms with van der Waals surface area (Å²) in [5.74, 6) is 0. The van der Waals surface area contributed by atoms with Crippen molar-refractivity contribution in [3.05, 3.63) is 77.9 Å². The van der Waals surface area contributed by atoms with Crippen LogP contribution in [0.5, 0.6) is 0 Å². The van der Waals surface area contributed by atoms with Gasteiger partial charge in [0.2, 0.25) is 0 Å². The van der Waals surface area contributed by atoms with Crippen molar-refractivity contribution in [2.75, 3.05) is 6.61 Å². The molecule has 1 aliphatic rings. The van der Waals surface area contributed by atoms with E-state index in [2.05, 4.69) is 54.6 Å². The molecule has 0 fully saturated rings. The number of rotatable bonds is 2. The standard InChI is InChI=1S/C16H14O/c1-3-7-13(8-4-1)15-11-12-17-16(15)14-9-5-2-6-10-14/h1-11,16H,12H2. The molecular formula is C16H14O. The fourth-order valence-corrected chi connectivity index (χ4v) is 2.23. The van der Waals surface area contributed by atoms with E-state index in [0.29, 0.717) is 6.61 Å². The topological polar surface area (TPSA) is 9.23 Å². The smallest absolute Gasteiger partial charge is 0.108 e. The quantitative estimate of drug-likeness (QED) is 0.750. The fourth-order valence-electron chi connectivity index (χ4n) is 2.23. The summed E-state index contributed by atoms with van der Waals surface area (Å²) >= 11 is 0. The summed E-state index contributed by atoms with van der Waals surface area (Å²) in [7, 11) is 0. The second kappa shape index (κ2) is 4.56. The zero-order valence-corrected chi connectivity index (χ0v) is 9.54. The first-order valence-corrected chi connectivity index (χ1v) is 5.87. The normalized spacial score (nSPS) is 19.1. The maximum absolute atomic E-state index is 5.81. The Morgan fingerprint density at radius 1 is 0.824 bits per heavy atom. The minimum atomic E-state index is 0.0820. The summed E-state index contributed by atoms with van der Waals surface area (Å²) in [6.07, 6.45) is 2.26. The van der Waals surface area contributed by atoms with Crippen LogP contribution in [0.25, 0.3) is 5.57 Å². The summed E-state index contributed by atoms with van der Waals surface area (Å²) in [4.78, 5) is 0. The van der Waals surface area contributed by atoms with Gasteiger partial charge in [0, 0.05) is 0 Å². The predicted octanol–water partition coefficient (Wildman–Crippen LogP) is 3.84. The summed E-state index contributed by atoms with van der Waals surface area (Å²) < 4.78 is 5.81. The highest BCUT2D eigenvalue weighted by Gasteiger charge is 2.22. The maximum atomic E-state index is 5.81. The number of hydrogen-bond donors (Lipinski definition) is 0. The Balaban J connectivity index is 1.96. The zero-order chi connectivity index (χ0) is 11.5. The molecular weight excluding hydrogens is 208 g/mol. The SMILES string of the molecule is C1=C(c2ccccc2)C(c2ccccc2)OC1. The van der Waals surface area contributed by atoms with Gasteiger partial charge in [0.1, 0.15) is 6.10 Å². The van der Waals surface area contributed by atoms with Crippen molar-refractivity contribution >= 4 is 5.57 Å². The Kier molecular flexibility index (Phi) is 2.76. The molecule has 0 N–H and O–H groups in total. The van der Waals surface area contributed by atoms with Crippen LogP contribution in [-0.4, -0.2) is 6.61 Å². The van der Waals surface area contributed by atoms with Crippen LogP contribution in [0.2, 0.25) is 0 Å². The van der Waals surface area contributed by atoms with Crippen molar-refractivity contribution in [3.8, 4) is 0 Å². The molecule has 0 aromatic heterocycles. The molecule has 0 aliphatic carbocycles. The summed E-state index contributed by atoms with van der Waals surface area (Å²) in [5, 5.41) is 0. The molecule has 0 saturated carbocycles. The van der Waals surface area contributed by atoms with E-state index in [1.165, 1.54) is 16.7 Å². The third kappa shape index (κ3) is 2.02. The Morgan fingerprint density at radius 2 is 1.47 bits per heavy atom. The predicted molar refractivity (Wildman–Crippen MR) is 69.6 cm³/mol. The minimum absolute atomic E-state index is 0.0820. The summed E-state index contributed by atoms with van der Waals surface area (Å²) in [6, 6.07) is 20.8. The molecule has 1 aliphatic heterocycles. The Bertz CT molecular complexity index is 514. The maximum Gasteiger partial charge on any atom is 0.108 e. The lowest BCUT2D eigenvalue weighted by atomic mass is 9.96. The van der Waals surface area contributed by atoms with Crippen molar-refractivity contribution in [1.29, 1.82) is 0 Å². The molecule has 17 heavy (non-hydrogen) atoms. The van der Waals surface area contributed by atoms with E-state index in [9.17, 15) is 0 Å². The lowest BCUT2D eigenvalue weighted by Gasteiger charge is -2.15. The van der Waals surface area contributed by atoms with Gasteiger partial charge in [0.05, 0.1) is 6.61 Å². The largest absolute Gasteiger partial charge is 0.365 e. The van der Waals surface area contributed by atoms with Crippen molar-refractivity contribution in [3.63, 3.8) is 0 Å². The van der Waals surface area contributed by atoms with Crippen molar-refractivity contribution in [1.82, 2.24) is 0 Å². The van der Waals surface area contributed by atoms with E-state index >= 15 is 0 Å². The average Bonchev–Trinajstić information content (AvgIpc) is 2.90. The Hall–Kier alpha value is -1.86. The van der Waals surface area contributed by atoms with Gasteiger partial charge >= 0.3 is 0 Å². The Labute approximate surface area is 101 Å². The molecule has 1 unspecified atom stereocenters. The minimum Gasteiger partial charge on any atom is -0.365 e. The van der Waals surface area contributed by atoms with Crippen LogP contribution in [-0.2, 0) is 4.74 Å². The number of benzene rings is 2. The first-order chi connectivity index (χ1) is 8.45. The van der Waals surface area contributed by atoms with Crippen LogP contribution in [0, 0.1) is 0 Å². The number of hydrogen-bond acceptors (Lipinski definition) is 1. The molecule has 2 aromatic rings. The average molecular weight is 222 g/mol. The van der Waals surface area contributed by atoms with Gasteiger partial charge in [-0.1, -0.05) is 66.7 Å². The molecule has 1 nitrogen and oxygen atoms in total. The highest BCUT2D eigenvalue weighted by Crippen LogP contribution is 2.36. The highest BCUT2D eigenvalue weighted by atomic mass is 16.5. The molecule has 0 radical (unpaired) electrons. The molecule has 1 heterocycles. The molecule has 0 saturated heterocycles. The van der Waals surface area contributed by atoms with E-state index in [-0.39, 0.29) is 6.10 Å². The van der Waals surface area contributed by atoms with Crippen molar-refractivity contribution in [2.45, 2.75) is 6.10 Å². The number of ether oxygens (including phenoxy) is 1. The van der Waals surface area contributed by atoms with Gasteiger partial charge < -0.3 is 4.74 Å². The van der Waals surface area contributed by atoms with E-state index in [1.54, 1.807) is 0 Å². The van der Waals surface area contributed by atoms with Crippen LogP contribution in [0.1, 0.15) is 17.2 Å². The van der Waals surface area contributed by atoms with Gasteiger partial charge in [-0.3, -0.25) is 0 Å². The highest BCUT2D eigenvalue weighted by molar-refractivity contribution is 5.71. The molecule has 1 heteroatoms. The van der Waals surface area contributed by atoms with Crippen LogP contribution in [0.15, 0.2) is 66.7 Å². The van der Waals surface area contributed by atoms with Gasteiger partial charge in [-0.15, -0.1) is 0 Å². The second-order valence-corrected chi connectivity index (χ2v) is 4.15. The third-order valence-corrected chi connectivity index (χ3v) is 3.06. The van der Waals surface area contributed by atoms with Crippen LogP contribution < -0.4 is 0 Å². The first-order valence-electron chi connectivity index (χ1n) is 5.87. The van der Waals surface area contributed by atoms with E-state index in [1.807, 2.05) is 12.1 Å². The van der Waals surface area contributed by atoms with Crippen molar-refractivity contribution in [2.24, 2.45) is 0 Å². The molecule has 3 rings (SSSR count). The molecule has 0 amide bonds. The lowest BCUT2D eigenvalue weighted by molar-refractivity contribution is 0.134. The zero-order valence-electron chi connectivity index (χ0n) is 9.54. The van der Waals surface area contributed by atoms with Gasteiger partial charge in [0.25, 0.3) is 0 Å². The monoisotopic (exact) mass is 222 g/mol. The molecule has 2 aromatic carbocycles. The van der Waals surface area contributed by atoms with Crippen LogP contribution in [0.3, 0.4) is 0 Å². The van der Waals surface area contributed by atoms with Crippen molar-refractivity contribution < 1.29 is 4.74 Å². The van der Waals surface area contributed by atoms with E-state index in [0.717, 1.165) is 0 Å². The summed E-state index contributed by atoms with van der Waals surface area (Å²) in [6.45, 7) is 0.698. The van der Waals surface area contributed by atoms with E-state index in [4.69, 9.17) is 4.74 Å². The van der Waals surface area contributed by atoms with Crippen LogP contribution in [0.4, 0.5) is 0 Å². The Morgan fingerprint density at radius 3 is 2.18 bits per heavy atom. The third-order valence-electron chi connectivity index (χ3n) is 3.06. The van der Waals surface area contributed by atoms with E-state index < -0.39 is 0 Å². The molecule has 0 spiro atoms. The molecule has 0 bridgehead atoms. The molecule has 1 atom stereocenters. The fraction of sp³-hybridized carbons (Fsp3) is 0.125. The van der Waals surface area contributed by atoms with Gasteiger partial charge in [-0.05, 0) is 16.7 Å². The van der Waals surface area contributed by atoms with Gasteiger partial charge in [-0.25, -0.2) is 0 Å². The van der Waals surface area contributed by atoms with Gasteiger partial charge in [-0.2, -0.15) is 0 Å². The van der Waals surface area contributed by atoms with Gasteiger partial charge in [0.15, 0.2) is 0 Å². The molecule has 84 valence electrons. The first kappa shape index (κ1) is 10.3. The lowest BCUT2D eigenvalue weighted by Crippen LogP contribution is -2.00.